The summed E-state index contributed by atoms with van der Waals surface area (Å²) in [4.78, 5) is 28.0. The van der Waals surface area contributed by atoms with Crippen molar-refractivity contribution < 1.29 is 32.8 Å². The van der Waals surface area contributed by atoms with E-state index in [9.17, 15) is 14.0 Å². The molecule has 0 aliphatic carbocycles. The van der Waals surface area contributed by atoms with Crippen molar-refractivity contribution in [2.75, 3.05) is 19.6 Å². The molecule has 9 heteroatoms. The number of allylic oxidation sites excluding steroid dienone is 1. The van der Waals surface area contributed by atoms with E-state index in [-0.39, 0.29) is 35.6 Å². The van der Waals surface area contributed by atoms with Gasteiger partial charge in [0.05, 0.1) is 28.9 Å². The van der Waals surface area contributed by atoms with Crippen molar-refractivity contribution in [2.45, 2.75) is 25.8 Å². The van der Waals surface area contributed by atoms with Gasteiger partial charge in [0.1, 0.15) is 5.82 Å². The van der Waals surface area contributed by atoms with Crippen LogP contribution in [0.3, 0.4) is 0 Å². The van der Waals surface area contributed by atoms with Crippen molar-refractivity contribution in [3.05, 3.63) is 78.3 Å². The Morgan fingerprint density at radius 3 is 2.79 bits per heavy atom. The number of ketones is 1. The first-order valence-corrected chi connectivity index (χ1v) is 10.6. The number of hydrogen-bond donors (Lipinski definition) is 0. The molecule has 0 radical (unpaired) electrons. The molecule has 2 aromatic rings. The van der Waals surface area contributed by atoms with Gasteiger partial charge in [0.25, 0.3) is 0 Å². The molecular formula is C24H25ClFLiN4O2-2. The predicted molar refractivity (Wildman–Crippen MR) is 121 cm³/mol. The molecular weight excluding hydrogens is 438 g/mol. The zero-order chi connectivity index (χ0) is 23.5. The fourth-order valence-corrected chi connectivity index (χ4v) is 3.44. The van der Waals surface area contributed by atoms with Crippen LogP contribution < -0.4 is 18.9 Å². The third-order valence-corrected chi connectivity index (χ3v) is 5.31. The molecule has 6 nitrogen and oxygen atoms in total. The van der Waals surface area contributed by atoms with Gasteiger partial charge in [-0.05, 0) is 43.1 Å². The maximum absolute atomic E-state index is 13.7. The van der Waals surface area contributed by atoms with Crippen LogP contribution in [0.1, 0.15) is 34.7 Å². The van der Waals surface area contributed by atoms with Gasteiger partial charge in [-0.2, -0.15) is 11.3 Å². The Hall–Kier alpha value is -2.35. The van der Waals surface area contributed by atoms with Crippen LogP contribution in [-0.4, -0.2) is 46.2 Å². The molecule has 1 saturated heterocycles. The normalized spacial score (nSPS) is 13.4. The second-order valence-corrected chi connectivity index (χ2v) is 7.67. The molecule has 0 N–H and O–H groups in total. The third-order valence-electron chi connectivity index (χ3n) is 5.02. The summed E-state index contributed by atoms with van der Waals surface area (Å²) in [5.74, 6) is 0.274. The number of carbonyl (C=O) groups excluding carboxylic acids is 2. The van der Waals surface area contributed by atoms with Crippen LogP contribution in [0.15, 0.2) is 36.5 Å². The number of Topliss-reactive ketones (excluding diaryl/α,β-unsaturated/α-hetero) is 1. The summed E-state index contributed by atoms with van der Waals surface area (Å²) in [6.07, 6.45) is 7.62. The molecule has 0 atom stereocenters. The standard InChI is InChI=1S/C16H16ClFN2O.C8H9N2O.Li/c1-3-20-11(2)19-10-14(20)15(21)9-5-7-12-6-4-8-13(17)16(12)18;9-5-8-6-10(7-8)3-1-2-4-11;/h4,6,8,10H,1-3,5,7,9H2;1-2,8H,3,6-7H2;/q-2;-1;+1/b;2-1+;. The van der Waals surface area contributed by atoms with E-state index >= 15 is 0 Å². The van der Waals surface area contributed by atoms with Gasteiger partial charge in [-0.3, -0.25) is 9.78 Å². The van der Waals surface area contributed by atoms with Crippen molar-refractivity contribution in [1.29, 1.82) is 5.26 Å². The molecule has 33 heavy (non-hydrogen) atoms. The van der Waals surface area contributed by atoms with E-state index in [2.05, 4.69) is 29.8 Å². The predicted octanol–water partition coefficient (Wildman–Crippen LogP) is 1.01. The fourth-order valence-electron chi connectivity index (χ4n) is 3.25. The summed E-state index contributed by atoms with van der Waals surface area (Å²) < 4.78 is 15.4. The molecule has 1 fully saturated rings. The van der Waals surface area contributed by atoms with Crippen LogP contribution >= 0.6 is 11.6 Å². The molecule has 1 aliphatic rings. The number of carbonyl (C=O) groups is 1. The summed E-state index contributed by atoms with van der Waals surface area (Å²) in [7, 11) is 0. The summed E-state index contributed by atoms with van der Waals surface area (Å²) in [6.45, 7) is 10.3. The number of hydrogen-bond acceptors (Lipinski definition) is 5. The largest absolute Gasteiger partial charge is 1.00 e. The van der Waals surface area contributed by atoms with Crippen molar-refractivity contribution in [1.82, 2.24) is 14.5 Å². The number of rotatable bonds is 9. The number of halogens is 2. The van der Waals surface area contributed by atoms with Gasteiger partial charge in [0.2, 0.25) is 0 Å². The average molecular weight is 463 g/mol. The summed E-state index contributed by atoms with van der Waals surface area (Å²) in [5, 5.41) is 8.53. The Labute approximate surface area is 211 Å². The molecule has 1 aromatic carbocycles. The van der Waals surface area contributed by atoms with Gasteiger partial charge >= 0.3 is 18.9 Å². The van der Waals surface area contributed by atoms with Crippen LogP contribution in [0.2, 0.25) is 5.02 Å². The van der Waals surface area contributed by atoms with Crippen molar-refractivity contribution in [3.8, 4) is 6.07 Å². The van der Waals surface area contributed by atoms with E-state index in [0.29, 0.717) is 42.9 Å². The van der Waals surface area contributed by atoms with E-state index in [1.54, 1.807) is 29.1 Å². The minimum Gasteiger partial charge on any atom is -0.419 e. The topological polar surface area (TPSA) is 79.0 Å². The third kappa shape index (κ3) is 8.50. The molecule has 1 aliphatic heterocycles. The monoisotopic (exact) mass is 462 g/mol. The SMILES string of the molecule is N#CC1CN(C/C=C/[C-]=O)C1.[CH2-]Cn1c(C(=O)CCCc2cccc(Cl)c2F)cnc1[CH2-].[Li+]. The summed E-state index contributed by atoms with van der Waals surface area (Å²) in [6, 6.07) is 7.07. The molecule has 0 bridgehead atoms. The first kappa shape index (κ1) is 28.7. The Kier molecular flexibility index (Phi) is 12.8. The Balaban J connectivity index is 0.000000385. The van der Waals surface area contributed by atoms with Crippen LogP contribution in [-0.2, 0) is 17.8 Å². The minimum absolute atomic E-state index is 0. The van der Waals surface area contributed by atoms with Crippen LogP contribution in [0.5, 0.6) is 0 Å². The number of likely N-dealkylation sites (tertiary alicyclic amines) is 1. The quantitative estimate of drug-likeness (QED) is 0.240. The molecule has 0 saturated carbocycles. The van der Waals surface area contributed by atoms with Gasteiger partial charge in [-0.1, -0.05) is 23.7 Å². The van der Waals surface area contributed by atoms with E-state index in [1.165, 1.54) is 18.3 Å². The zero-order valence-electron chi connectivity index (χ0n) is 18.8. The smallest absolute Gasteiger partial charge is 0.419 e. The fraction of sp³-hybridized carbons (Fsp3) is 0.333. The molecule has 0 spiro atoms. The van der Waals surface area contributed by atoms with Crippen molar-refractivity contribution in [3.63, 3.8) is 0 Å². The number of imidazole rings is 1. The maximum atomic E-state index is 13.7. The van der Waals surface area contributed by atoms with Gasteiger partial charge < -0.3 is 28.1 Å². The summed E-state index contributed by atoms with van der Waals surface area (Å²) >= 11 is 5.73. The van der Waals surface area contributed by atoms with Crippen molar-refractivity contribution >= 4 is 23.7 Å². The maximum Gasteiger partial charge on any atom is 1.00 e. The van der Waals surface area contributed by atoms with Crippen LogP contribution in [0.4, 0.5) is 4.39 Å². The molecule has 0 amide bonds. The Bertz CT molecular complexity index is 997. The van der Waals surface area contributed by atoms with E-state index < -0.39 is 5.82 Å². The van der Waals surface area contributed by atoms with Crippen LogP contribution in [0, 0.1) is 36.9 Å². The second-order valence-electron chi connectivity index (χ2n) is 7.27. The van der Waals surface area contributed by atoms with E-state index in [0.717, 1.165) is 19.6 Å². The Morgan fingerprint density at radius 1 is 1.42 bits per heavy atom. The first-order valence-electron chi connectivity index (χ1n) is 10.2. The molecule has 1 aromatic heterocycles. The Morgan fingerprint density at radius 2 is 2.15 bits per heavy atom. The van der Waals surface area contributed by atoms with Gasteiger partial charge in [0.15, 0.2) is 5.78 Å². The van der Waals surface area contributed by atoms with E-state index in [1.807, 2.05) is 0 Å². The number of aromatic nitrogens is 2. The number of nitrogens with zero attached hydrogens (tertiary/aromatic N) is 4. The number of nitriles is 1. The van der Waals surface area contributed by atoms with Gasteiger partial charge in [0, 0.05) is 19.5 Å². The van der Waals surface area contributed by atoms with E-state index in [4.69, 9.17) is 16.9 Å². The molecule has 2 heterocycles. The molecule has 3 rings (SSSR count). The van der Waals surface area contributed by atoms with Crippen LogP contribution in [0.25, 0.3) is 0 Å². The van der Waals surface area contributed by atoms with Gasteiger partial charge in [-0.25, -0.2) is 10.5 Å². The first-order chi connectivity index (χ1) is 15.4. The minimum atomic E-state index is -0.408. The molecule has 0 unspecified atom stereocenters. The average Bonchev–Trinajstić information content (AvgIpc) is 3.13. The number of aryl methyl sites for hydroxylation is 1. The van der Waals surface area contributed by atoms with Gasteiger partial charge in [-0.15, -0.1) is 6.54 Å². The summed E-state index contributed by atoms with van der Waals surface area (Å²) in [5.41, 5.74) is 1.03. The molecule has 170 valence electrons. The zero-order valence-corrected chi connectivity index (χ0v) is 19.5. The van der Waals surface area contributed by atoms with Crippen molar-refractivity contribution in [2.24, 2.45) is 5.92 Å². The number of benzene rings is 1. The second kappa shape index (κ2) is 14.7.